The lowest BCUT2D eigenvalue weighted by Gasteiger charge is -2.00. The fourth-order valence-corrected chi connectivity index (χ4v) is 1.17. The van der Waals surface area contributed by atoms with E-state index < -0.39 is 5.97 Å². The number of esters is 2. The van der Waals surface area contributed by atoms with Gasteiger partial charge in [0.15, 0.2) is 0 Å². The minimum atomic E-state index is -0.594. The molecule has 1 N–H and O–H groups in total. The highest BCUT2D eigenvalue weighted by molar-refractivity contribution is 5.88. The topological polar surface area (TPSA) is 64.6 Å². The summed E-state index contributed by atoms with van der Waals surface area (Å²) in [5.74, 6) is 3.90. The molecule has 0 aliphatic rings. The van der Waals surface area contributed by atoms with Gasteiger partial charge in [-0.1, -0.05) is 36.3 Å². The highest BCUT2D eigenvalue weighted by Crippen LogP contribution is 1.99. The second-order valence-electron chi connectivity index (χ2n) is 3.54. The van der Waals surface area contributed by atoms with Crippen molar-refractivity contribution in [2.75, 3.05) is 20.2 Å². The second-order valence-corrected chi connectivity index (χ2v) is 3.54. The Kier molecular flexibility index (Phi) is 6.77. The second kappa shape index (κ2) is 8.72. The summed E-state index contributed by atoms with van der Waals surface area (Å²) in [6.07, 6.45) is 0. The third kappa shape index (κ3) is 6.86. The van der Waals surface area contributed by atoms with Crippen LogP contribution in [0.15, 0.2) is 30.3 Å². The average Bonchev–Trinajstić information content (AvgIpc) is 2.45. The van der Waals surface area contributed by atoms with E-state index >= 15 is 0 Å². The SMILES string of the molecule is COC(=O)CNCC#CC(=O)OCc1ccccc1. The maximum absolute atomic E-state index is 11.3. The number of rotatable bonds is 5. The Balaban J connectivity index is 2.19. The summed E-state index contributed by atoms with van der Waals surface area (Å²) in [5, 5.41) is 2.71. The third-order valence-electron chi connectivity index (χ3n) is 2.11. The van der Waals surface area contributed by atoms with Gasteiger partial charge in [-0.3, -0.25) is 10.1 Å². The molecule has 0 fully saturated rings. The number of benzene rings is 1. The number of carbonyl (C=O) groups is 2. The summed E-state index contributed by atoms with van der Waals surface area (Å²) >= 11 is 0. The molecular formula is C14H15NO4. The molecule has 0 saturated carbocycles. The largest absolute Gasteiger partial charge is 0.468 e. The molecule has 19 heavy (non-hydrogen) atoms. The zero-order chi connectivity index (χ0) is 13.9. The lowest BCUT2D eigenvalue weighted by atomic mass is 10.2. The average molecular weight is 261 g/mol. The third-order valence-corrected chi connectivity index (χ3v) is 2.11. The van der Waals surface area contributed by atoms with Gasteiger partial charge in [0.1, 0.15) is 6.61 Å². The van der Waals surface area contributed by atoms with Crippen LogP contribution in [0.25, 0.3) is 0 Å². The summed E-state index contributed by atoms with van der Waals surface area (Å²) in [6, 6.07) is 9.34. The molecular weight excluding hydrogens is 246 g/mol. The quantitative estimate of drug-likeness (QED) is 0.362. The maximum Gasteiger partial charge on any atom is 0.384 e. The smallest absolute Gasteiger partial charge is 0.384 e. The van der Waals surface area contributed by atoms with E-state index in [-0.39, 0.29) is 25.7 Å². The highest BCUT2D eigenvalue weighted by atomic mass is 16.5. The number of methoxy groups -OCH3 is 1. The van der Waals surface area contributed by atoms with Crippen LogP contribution in [0.5, 0.6) is 0 Å². The van der Waals surface area contributed by atoms with Crippen LogP contribution in [-0.4, -0.2) is 32.1 Å². The van der Waals surface area contributed by atoms with Crippen molar-refractivity contribution in [1.82, 2.24) is 5.32 Å². The first kappa shape index (κ1) is 14.7. The standard InChI is InChI=1S/C14H15NO4/c1-18-14(17)10-15-9-5-8-13(16)19-11-12-6-3-2-4-7-12/h2-4,6-7,15H,9-11H2,1H3. The van der Waals surface area contributed by atoms with Gasteiger partial charge in [-0.05, 0) is 5.56 Å². The zero-order valence-electron chi connectivity index (χ0n) is 10.6. The van der Waals surface area contributed by atoms with Gasteiger partial charge < -0.3 is 9.47 Å². The molecule has 100 valence electrons. The van der Waals surface area contributed by atoms with Crippen molar-refractivity contribution in [2.24, 2.45) is 0 Å². The fraction of sp³-hybridized carbons (Fsp3) is 0.286. The molecule has 0 amide bonds. The predicted octanol–water partition coefficient (Wildman–Crippen LogP) is 0.496. The molecule has 0 saturated heterocycles. The summed E-state index contributed by atoms with van der Waals surface area (Å²) in [6.45, 7) is 0.476. The van der Waals surface area contributed by atoms with Gasteiger partial charge in [0.25, 0.3) is 0 Å². The van der Waals surface area contributed by atoms with Crippen molar-refractivity contribution < 1.29 is 19.1 Å². The van der Waals surface area contributed by atoms with E-state index in [1.54, 1.807) is 0 Å². The van der Waals surface area contributed by atoms with Crippen LogP contribution in [0, 0.1) is 11.8 Å². The van der Waals surface area contributed by atoms with Crippen molar-refractivity contribution in [3.8, 4) is 11.8 Å². The maximum atomic E-state index is 11.3. The molecule has 0 aliphatic heterocycles. The van der Waals surface area contributed by atoms with Crippen LogP contribution >= 0.6 is 0 Å². The lowest BCUT2D eigenvalue weighted by Crippen LogP contribution is -2.24. The summed E-state index contributed by atoms with van der Waals surface area (Å²) in [7, 11) is 1.30. The number of hydrogen-bond donors (Lipinski definition) is 1. The van der Waals surface area contributed by atoms with E-state index in [0.29, 0.717) is 0 Å². The van der Waals surface area contributed by atoms with Gasteiger partial charge in [-0.15, -0.1) is 0 Å². The van der Waals surface area contributed by atoms with Crippen molar-refractivity contribution in [3.05, 3.63) is 35.9 Å². The Morgan fingerprint density at radius 1 is 1.26 bits per heavy atom. The molecule has 0 unspecified atom stereocenters. The van der Waals surface area contributed by atoms with Gasteiger partial charge in [0.05, 0.1) is 20.2 Å². The van der Waals surface area contributed by atoms with Gasteiger partial charge in [-0.2, -0.15) is 0 Å². The van der Waals surface area contributed by atoms with Crippen molar-refractivity contribution in [2.45, 2.75) is 6.61 Å². The Morgan fingerprint density at radius 2 is 2.00 bits per heavy atom. The number of hydrogen-bond acceptors (Lipinski definition) is 5. The molecule has 1 aromatic rings. The molecule has 5 nitrogen and oxygen atoms in total. The van der Waals surface area contributed by atoms with Crippen LogP contribution in [0.4, 0.5) is 0 Å². The van der Waals surface area contributed by atoms with Gasteiger partial charge >= 0.3 is 11.9 Å². The molecule has 0 radical (unpaired) electrons. The first-order valence-corrected chi connectivity index (χ1v) is 5.69. The molecule has 0 aromatic heterocycles. The van der Waals surface area contributed by atoms with Gasteiger partial charge in [0.2, 0.25) is 0 Å². The number of carbonyl (C=O) groups excluding carboxylic acids is 2. The monoisotopic (exact) mass is 261 g/mol. The van der Waals surface area contributed by atoms with E-state index in [1.165, 1.54) is 7.11 Å². The summed E-state index contributed by atoms with van der Waals surface area (Å²) < 4.78 is 9.37. The highest BCUT2D eigenvalue weighted by Gasteiger charge is 1.98. The van der Waals surface area contributed by atoms with E-state index in [9.17, 15) is 9.59 Å². The zero-order valence-corrected chi connectivity index (χ0v) is 10.6. The van der Waals surface area contributed by atoms with Gasteiger partial charge in [-0.25, -0.2) is 4.79 Å². The van der Waals surface area contributed by atoms with E-state index in [1.807, 2.05) is 30.3 Å². The Morgan fingerprint density at radius 3 is 2.68 bits per heavy atom. The Bertz CT molecular complexity index is 473. The molecule has 0 aliphatic carbocycles. The summed E-state index contributed by atoms with van der Waals surface area (Å²) in [4.78, 5) is 22.0. The first-order valence-electron chi connectivity index (χ1n) is 5.69. The molecule has 0 spiro atoms. The number of nitrogens with one attached hydrogen (secondary N) is 1. The van der Waals surface area contributed by atoms with Crippen molar-refractivity contribution in [3.63, 3.8) is 0 Å². The predicted molar refractivity (Wildman–Crippen MR) is 68.9 cm³/mol. The minimum Gasteiger partial charge on any atom is -0.468 e. The van der Waals surface area contributed by atoms with Crippen molar-refractivity contribution >= 4 is 11.9 Å². The summed E-state index contributed by atoms with van der Waals surface area (Å²) in [5.41, 5.74) is 0.904. The molecule has 0 bridgehead atoms. The van der Waals surface area contributed by atoms with E-state index in [2.05, 4.69) is 21.9 Å². The first-order chi connectivity index (χ1) is 9.22. The van der Waals surface area contributed by atoms with Crippen molar-refractivity contribution in [1.29, 1.82) is 0 Å². The van der Waals surface area contributed by atoms with E-state index in [0.717, 1.165) is 5.56 Å². The van der Waals surface area contributed by atoms with Crippen LogP contribution in [0.1, 0.15) is 5.56 Å². The van der Waals surface area contributed by atoms with Crippen LogP contribution < -0.4 is 5.32 Å². The van der Waals surface area contributed by atoms with Crippen LogP contribution in [0.2, 0.25) is 0 Å². The van der Waals surface area contributed by atoms with Crippen LogP contribution in [0.3, 0.4) is 0 Å². The Labute approximate surface area is 111 Å². The minimum absolute atomic E-state index is 0.0598. The normalized spacial score (nSPS) is 9.11. The number of ether oxygens (including phenoxy) is 2. The Hall–Kier alpha value is -2.32. The molecule has 1 rings (SSSR count). The molecule has 5 heteroatoms. The molecule has 1 aromatic carbocycles. The van der Waals surface area contributed by atoms with E-state index in [4.69, 9.17) is 4.74 Å². The fourth-order valence-electron chi connectivity index (χ4n) is 1.17. The van der Waals surface area contributed by atoms with Gasteiger partial charge in [0, 0.05) is 5.92 Å². The molecule has 0 heterocycles. The molecule has 0 atom stereocenters. The lowest BCUT2D eigenvalue weighted by molar-refractivity contribution is -0.139. The van der Waals surface area contributed by atoms with Crippen LogP contribution in [-0.2, 0) is 25.7 Å².